The summed E-state index contributed by atoms with van der Waals surface area (Å²) in [5.74, 6) is -1.86. The molecule has 174 valence electrons. The van der Waals surface area contributed by atoms with E-state index in [4.69, 9.17) is 4.74 Å². The Morgan fingerprint density at radius 2 is 1.91 bits per heavy atom. The molecule has 2 aromatic heterocycles. The monoisotopic (exact) mass is 526 g/mol. The van der Waals surface area contributed by atoms with Crippen LogP contribution in [0.1, 0.15) is 52.0 Å². The molecular formula is C24H20BrFN4O4. The van der Waals surface area contributed by atoms with Crippen molar-refractivity contribution in [3.8, 4) is 5.75 Å². The lowest BCUT2D eigenvalue weighted by Gasteiger charge is -2.15. The van der Waals surface area contributed by atoms with Gasteiger partial charge in [-0.15, -0.1) is 0 Å². The van der Waals surface area contributed by atoms with Gasteiger partial charge in [-0.05, 0) is 58.7 Å². The number of Topliss-reactive ketones (excluding diaryl/α,β-unsaturated/α-hetero) is 1. The van der Waals surface area contributed by atoms with Crippen molar-refractivity contribution in [2.45, 2.75) is 31.7 Å². The van der Waals surface area contributed by atoms with Crippen molar-refractivity contribution in [3.05, 3.63) is 82.0 Å². The number of ether oxygens (including phenoxy) is 1. The van der Waals surface area contributed by atoms with Crippen molar-refractivity contribution in [1.82, 2.24) is 15.3 Å². The quantitative estimate of drug-likeness (QED) is 0.258. The third kappa shape index (κ3) is 5.28. The number of carbonyl (C=O) groups excluding carboxylic acids is 3. The first-order chi connectivity index (χ1) is 16.4. The number of urea groups is 1. The first-order valence-electron chi connectivity index (χ1n) is 10.5. The highest BCUT2D eigenvalue weighted by Crippen LogP contribution is 2.47. The van der Waals surface area contributed by atoms with Crippen LogP contribution < -0.4 is 15.4 Å². The molecule has 0 aliphatic heterocycles. The topological polar surface area (TPSA) is 110 Å². The molecule has 2 atom stereocenters. The molecule has 2 heterocycles. The number of esters is 1. The van der Waals surface area contributed by atoms with Gasteiger partial charge in [-0.1, -0.05) is 6.92 Å². The maximum Gasteiger partial charge on any atom is 0.343 e. The van der Waals surface area contributed by atoms with E-state index in [2.05, 4.69) is 36.5 Å². The van der Waals surface area contributed by atoms with E-state index < -0.39 is 29.8 Å². The first kappa shape index (κ1) is 23.5. The van der Waals surface area contributed by atoms with Gasteiger partial charge >= 0.3 is 12.0 Å². The smallest absolute Gasteiger partial charge is 0.343 e. The Morgan fingerprint density at radius 3 is 2.59 bits per heavy atom. The minimum Gasteiger partial charge on any atom is -0.422 e. The third-order valence-corrected chi connectivity index (χ3v) is 5.79. The second-order valence-corrected chi connectivity index (χ2v) is 8.56. The van der Waals surface area contributed by atoms with E-state index in [0.29, 0.717) is 12.2 Å². The number of nitrogens with zero attached hydrogens (tertiary/aromatic N) is 2. The number of benzene rings is 1. The molecule has 1 saturated carbocycles. The summed E-state index contributed by atoms with van der Waals surface area (Å²) in [5, 5.41) is 5.38. The van der Waals surface area contributed by atoms with Gasteiger partial charge in [-0.25, -0.2) is 19.0 Å². The average molecular weight is 527 g/mol. The molecule has 1 aliphatic carbocycles. The number of rotatable bonds is 7. The van der Waals surface area contributed by atoms with Gasteiger partial charge in [-0.2, -0.15) is 0 Å². The van der Waals surface area contributed by atoms with Gasteiger partial charge in [0.15, 0.2) is 5.78 Å². The van der Waals surface area contributed by atoms with Gasteiger partial charge in [0.1, 0.15) is 17.4 Å². The van der Waals surface area contributed by atoms with Gasteiger partial charge in [0, 0.05) is 47.0 Å². The van der Waals surface area contributed by atoms with Crippen LogP contribution in [0.15, 0.2) is 59.5 Å². The number of pyridine rings is 2. The molecule has 2 unspecified atom stereocenters. The van der Waals surface area contributed by atoms with Gasteiger partial charge in [0.2, 0.25) is 0 Å². The summed E-state index contributed by atoms with van der Waals surface area (Å²) >= 11 is 3.27. The minimum atomic E-state index is -0.733. The van der Waals surface area contributed by atoms with Crippen molar-refractivity contribution in [2.75, 3.05) is 5.32 Å². The molecule has 34 heavy (non-hydrogen) atoms. The van der Waals surface area contributed by atoms with Crippen LogP contribution in [0.3, 0.4) is 0 Å². The van der Waals surface area contributed by atoms with E-state index >= 15 is 0 Å². The largest absolute Gasteiger partial charge is 0.422 e. The van der Waals surface area contributed by atoms with Crippen LogP contribution in [0.4, 0.5) is 15.0 Å². The molecule has 1 fully saturated rings. The Kier molecular flexibility index (Phi) is 6.97. The molecule has 2 N–H and O–H groups in total. The van der Waals surface area contributed by atoms with E-state index in [9.17, 15) is 18.8 Å². The summed E-state index contributed by atoms with van der Waals surface area (Å²) < 4.78 is 21.3. The molecule has 10 heteroatoms. The first-order valence-corrected chi connectivity index (χ1v) is 11.3. The highest BCUT2D eigenvalue weighted by molar-refractivity contribution is 9.10. The lowest BCUT2D eigenvalue weighted by atomic mass is 10.00. The van der Waals surface area contributed by atoms with Crippen LogP contribution in [0, 0.1) is 5.82 Å². The summed E-state index contributed by atoms with van der Waals surface area (Å²) in [6, 6.07) is 7.88. The summed E-state index contributed by atoms with van der Waals surface area (Å²) in [6.45, 7) is 1.67. The fourth-order valence-corrected chi connectivity index (χ4v) is 3.76. The molecule has 1 aromatic carbocycles. The van der Waals surface area contributed by atoms with Gasteiger partial charge < -0.3 is 10.1 Å². The van der Waals surface area contributed by atoms with E-state index in [1.807, 2.05) is 0 Å². The number of ketones is 1. The zero-order valence-corrected chi connectivity index (χ0v) is 19.6. The zero-order valence-electron chi connectivity index (χ0n) is 18.0. The molecule has 2 amide bonds. The minimum absolute atomic E-state index is 0.0915. The predicted molar refractivity (Wildman–Crippen MR) is 125 cm³/mol. The van der Waals surface area contributed by atoms with E-state index in [1.165, 1.54) is 36.7 Å². The molecule has 4 rings (SSSR count). The van der Waals surface area contributed by atoms with Crippen molar-refractivity contribution < 1.29 is 23.5 Å². The lowest BCUT2D eigenvalue weighted by Crippen LogP contribution is -2.31. The number of amides is 2. The molecule has 0 radical (unpaired) electrons. The van der Waals surface area contributed by atoms with Crippen LogP contribution in [-0.4, -0.2) is 33.8 Å². The zero-order chi connectivity index (χ0) is 24.2. The maximum absolute atomic E-state index is 15.0. The predicted octanol–water partition coefficient (Wildman–Crippen LogP) is 4.87. The Labute approximate surface area is 203 Å². The number of anilines is 1. The molecule has 0 saturated heterocycles. The van der Waals surface area contributed by atoms with Crippen LogP contribution in [0.5, 0.6) is 5.75 Å². The van der Waals surface area contributed by atoms with Crippen LogP contribution in [0.2, 0.25) is 0 Å². The van der Waals surface area contributed by atoms with E-state index in [0.717, 1.165) is 4.47 Å². The number of nitrogens with one attached hydrogen (secondary N) is 2. The van der Waals surface area contributed by atoms with Crippen molar-refractivity contribution in [3.63, 3.8) is 0 Å². The molecule has 8 nitrogen and oxygen atoms in total. The van der Waals surface area contributed by atoms with Crippen molar-refractivity contribution in [1.29, 1.82) is 0 Å². The molecule has 3 aromatic rings. The SMILES string of the molecule is CCC(=O)c1ccc(F)c(C2CC2NC(=O)Nc2ccc(Br)cn2)c1OC(=O)c1ccncc1. The van der Waals surface area contributed by atoms with Crippen molar-refractivity contribution in [2.24, 2.45) is 0 Å². The number of halogens is 2. The van der Waals surface area contributed by atoms with E-state index in [1.54, 1.807) is 25.3 Å². The summed E-state index contributed by atoms with van der Waals surface area (Å²) in [6.07, 6.45) is 4.98. The second kappa shape index (κ2) is 10.1. The van der Waals surface area contributed by atoms with Crippen LogP contribution in [-0.2, 0) is 0 Å². The fraction of sp³-hybridized carbons (Fsp3) is 0.208. The number of aromatic nitrogens is 2. The average Bonchev–Trinajstić information content (AvgIpc) is 3.58. The summed E-state index contributed by atoms with van der Waals surface area (Å²) in [7, 11) is 0. The second-order valence-electron chi connectivity index (χ2n) is 7.65. The van der Waals surface area contributed by atoms with Crippen molar-refractivity contribution >= 4 is 39.5 Å². The summed E-state index contributed by atoms with van der Waals surface area (Å²) in [4.78, 5) is 45.5. The standard InChI is InChI=1S/C24H20BrFN4O4/c1-2-19(31)15-4-5-17(26)21(22(15)34-23(32)13-7-9-27-10-8-13)16-11-18(16)29-24(33)30-20-6-3-14(25)12-28-20/h3-10,12,16,18H,2,11H2,1H3,(H2,28,29,30,33). The Bertz CT molecular complexity index is 1240. The van der Waals surface area contributed by atoms with Gasteiger partial charge in [-0.3, -0.25) is 15.1 Å². The third-order valence-electron chi connectivity index (χ3n) is 5.32. The highest BCUT2D eigenvalue weighted by Gasteiger charge is 2.44. The highest BCUT2D eigenvalue weighted by atomic mass is 79.9. The fourth-order valence-electron chi connectivity index (χ4n) is 3.52. The lowest BCUT2D eigenvalue weighted by molar-refractivity contribution is 0.0730. The normalized spacial score (nSPS) is 16.4. The Morgan fingerprint density at radius 1 is 1.15 bits per heavy atom. The molecule has 1 aliphatic rings. The van der Waals surface area contributed by atoms with E-state index in [-0.39, 0.29) is 34.6 Å². The number of hydrogen-bond donors (Lipinski definition) is 2. The summed E-state index contributed by atoms with van der Waals surface area (Å²) in [5.41, 5.74) is 0.427. The van der Waals surface area contributed by atoms with Gasteiger partial charge in [0.05, 0.1) is 11.1 Å². The number of carbonyl (C=O) groups is 3. The van der Waals surface area contributed by atoms with Crippen LogP contribution >= 0.6 is 15.9 Å². The van der Waals surface area contributed by atoms with Gasteiger partial charge in [0.25, 0.3) is 0 Å². The Balaban J connectivity index is 1.56. The van der Waals surface area contributed by atoms with Crippen LogP contribution in [0.25, 0.3) is 0 Å². The maximum atomic E-state index is 15.0. The molecule has 0 bridgehead atoms. The molecule has 0 spiro atoms. The Hall–Kier alpha value is -3.66. The number of hydrogen-bond acceptors (Lipinski definition) is 6. The molecular weight excluding hydrogens is 507 g/mol.